The SMILES string of the molecule is CN1CCN(C)C1=NP(=O)(OC[C@H]1OCC[C@H]1OP(=O)(N=C1N(C)CCN1C)OC[C@H]1OCC[C@H]1OP(=O)(N=C1N(C)CCN1C)OC(C)(C)C)O[C@@H]1CCO[C@@H]1COP(=O)([O-])OCCCCCCO. The molecule has 1 N–H and O–H groups in total. The van der Waals surface area contributed by atoms with Gasteiger partial charge in [-0.3, -0.25) is 31.7 Å². The highest BCUT2D eigenvalue weighted by atomic mass is 31.2. The van der Waals surface area contributed by atoms with Crippen LogP contribution in [0.1, 0.15) is 65.7 Å². The van der Waals surface area contributed by atoms with E-state index in [1.54, 1.807) is 58.8 Å². The molecular weight excluding hydrogens is 1000 g/mol. The van der Waals surface area contributed by atoms with Crippen molar-refractivity contribution in [2.24, 2.45) is 14.3 Å². The van der Waals surface area contributed by atoms with E-state index in [0.29, 0.717) is 82.8 Å². The van der Waals surface area contributed by atoms with Gasteiger partial charge in [-0.15, -0.1) is 14.3 Å². The van der Waals surface area contributed by atoms with Crippen LogP contribution in [0.5, 0.6) is 0 Å². The van der Waals surface area contributed by atoms with Crippen molar-refractivity contribution in [3.63, 3.8) is 0 Å². The van der Waals surface area contributed by atoms with E-state index in [0.717, 1.165) is 6.42 Å². The maximum atomic E-state index is 15.0. The van der Waals surface area contributed by atoms with Crippen molar-refractivity contribution < 1.29 is 78.7 Å². The predicted octanol–water partition coefficient (Wildman–Crippen LogP) is 3.44. The van der Waals surface area contributed by atoms with Gasteiger partial charge in [0, 0.05) is 127 Å². The number of unbranched alkanes of at least 4 members (excludes halogenated alkanes) is 3. The van der Waals surface area contributed by atoms with Gasteiger partial charge in [0.15, 0.2) is 0 Å². The van der Waals surface area contributed by atoms with Crippen LogP contribution in [0.25, 0.3) is 0 Å². The molecule has 0 aromatic carbocycles. The van der Waals surface area contributed by atoms with E-state index in [-0.39, 0.29) is 52.5 Å². The van der Waals surface area contributed by atoms with Gasteiger partial charge in [0.05, 0.1) is 50.3 Å². The number of aliphatic hydroxyl groups excluding tert-OH is 1. The second-order valence-electron chi connectivity index (χ2n) is 19.2. The lowest BCUT2D eigenvalue weighted by molar-refractivity contribution is -0.227. The summed E-state index contributed by atoms with van der Waals surface area (Å²) in [5, 5.41) is 8.97. The molecule has 0 saturated carbocycles. The van der Waals surface area contributed by atoms with Crippen molar-refractivity contribution in [2.45, 2.75) is 108 Å². The number of guanidine groups is 3. The predicted molar refractivity (Wildman–Crippen MR) is 256 cm³/mol. The molecule has 404 valence electrons. The number of rotatable bonds is 26. The molecule has 10 atom stereocenters. The first kappa shape index (κ1) is 57.5. The van der Waals surface area contributed by atoms with Gasteiger partial charge >= 0.3 is 23.2 Å². The highest BCUT2D eigenvalue weighted by Crippen LogP contribution is 2.58. The van der Waals surface area contributed by atoms with Crippen molar-refractivity contribution in [1.82, 2.24) is 29.4 Å². The lowest BCUT2D eigenvalue weighted by Gasteiger charge is -2.29. The maximum absolute atomic E-state index is 15.0. The van der Waals surface area contributed by atoms with Gasteiger partial charge < -0.3 is 62.7 Å². The Kier molecular flexibility index (Phi) is 20.7. The van der Waals surface area contributed by atoms with Crippen LogP contribution in [0.15, 0.2) is 14.3 Å². The molecule has 30 heteroatoms. The van der Waals surface area contributed by atoms with Crippen molar-refractivity contribution in [1.29, 1.82) is 0 Å². The summed E-state index contributed by atoms with van der Waals surface area (Å²) in [6.45, 7) is 8.37. The molecule has 0 bridgehead atoms. The van der Waals surface area contributed by atoms with E-state index in [2.05, 4.69) is 14.3 Å². The van der Waals surface area contributed by atoms with Gasteiger partial charge in [-0.05, 0) is 33.6 Å². The molecule has 6 aliphatic rings. The highest BCUT2D eigenvalue weighted by Gasteiger charge is 2.46. The molecule has 0 amide bonds. The van der Waals surface area contributed by atoms with Gasteiger partial charge in [0.25, 0.3) is 7.82 Å². The second-order valence-corrected chi connectivity index (χ2v) is 25.3. The first-order valence-corrected chi connectivity index (χ1v) is 29.9. The molecule has 0 aromatic heterocycles. The zero-order valence-electron chi connectivity index (χ0n) is 42.1. The Labute approximate surface area is 412 Å². The van der Waals surface area contributed by atoms with E-state index < -0.39 is 86.5 Å². The smallest absolute Gasteiger partial charge is 0.457 e. The first-order valence-electron chi connectivity index (χ1n) is 24.0. The zero-order chi connectivity index (χ0) is 50.9. The molecule has 6 rings (SSSR count). The minimum absolute atomic E-state index is 0.0631. The maximum Gasteiger partial charge on any atom is 0.457 e. The fourth-order valence-corrected chi connectivity index (χ4v) is 14.2. The summed E-state index contributed by atoms with van der Waals surface area (Å²) in [7, 11) is -6.91. The summed E-state index contributed by atoms with van der Waals surface area (Å²) in [4.78, 5) is 23.6. The van der Waals surface area contributed by atoms with Crippen LogP contribution in [0.4, 0.5) is 0 Å². The fourth-order valence-electron chi connectivity index (χ4n) is 8.25. The Bertz CT molecular complexity index is 1980. The number of phosphoric acid groups is 1. The summed E-state index contributed by atoms with van der Waals surface area (Å²) in [6.07, 6.45) is -2.23. The monoisotopic (exact) mass is 1080 g/mol. The number of aliphatic hydroxyl groups is 1. The zero-order valence-corrected chi connectivity index (χ0v) is 45.7. The van der Waals surface area contributed by atoms with Gasteiger partial charge in [-0.25, -0.2) is 13.7 Å². The van der Waals surface area contributed by atoms with E-state index in [4.69, 9.17) is 55.5 Å². The molecule has 70 heavy (non-hydrogen) atoms. The van der Waals surface area contributed by atoms with Gasteiger partial charge in [0.2, 0.25) is 17.9 Å². The summed E-state index contributed by atoms with van der Waals surface area (Å²) in [6, 6.07) is 0. The molecule has 0 radical (unpaired) electrons. The molecule has 0 aliphatic carbocycles. The first-order chi connectivity index (χ1) is 33.0. The molecule has 6 heterocycles. The number of phosphoric ester groups is 1. The van der Waals surface area contributed by atoms with Crippen LogP contribution < -0.4 is 4.89 Å². The topological polar surface area (TPSA) is 270 Å². The number of nitrogens with zero attached hydrogens (tertiary/aromatic N) is 9. The quantitative estimate of drug-likeness (QED) is 0.0960. The van der Waals surface area contributed by atoms with Crippen LogP contribution in [-0.2, 0) is 68.7 Å². The average molecular weight is 1080 g/mol. The number of hydrogen-bond donors (Lipinski definition) is 1. The van der Waals surface area contributed by atoms with Crippen LogP contribution in [0.3, 0.4) is 0 Å². The van der Waals surface area contributed by atoms with Gasteiger partial charge in [0.1, 0.15) is 18.3 Å². The van der Waals surface area contributed by atoms with Crippen molar-refractivity contribution in [3.05, 3.63) is 0 Å². The largest absolute Gasteiger partial charge is 0.756 e. The summed E-state index contributed by atoms with van der Waals surface area (Å²) < 4.78 is 135. The van der Waals surface area contributed by atoms with Crippen LogP contribution in [0.2, 0.25) is 0 Å². The van der Waals surface area contributed by atoms with E-state index in [1.807, 2.05) is 33.7 Å². The minimum atomic E-state index is -4.72. The molecule has 0 aromatic rings. The number of likely N-dealkylation sites (N-methyl/N-ethyl adjacent to an activating group) is 6. The van der Waals surface area contributed by atoms with Crippen LogP contribution in [-0.4, -0.2) is 229 Å². The lowest BCUT2D eigenvalue weighted by Crippen LogP contribution is -2.33. The second kappa shape index (κ2) is 25.2. The standard InChI is InChI=1S/C40H77N9O17P4/c1-40(2,3)66-69(53,43-39-48(8)21-22-49(39)9)65-33-16-27-57-35(33)29-61-67(51,41-37-44(4)17-18-45(37)5)63-31-14-25-56-34(31)28-60-68(52,42-38-46(6)19-20-47(38)7)64-32-15-26-58-36(32)30-62-70(54,55)59-24-13-11-10-12-23-50/h31-36,50H,10-30H2,1-9H3,(H,54,55)/p-1/t31-,32-,33-,34-,35-,36-,67?,68?,69?/m1/s1. The molecule has 0 spiro atoms. The third-order valence-corrected chi connectivity index (χ3v) is 17.7. The normalized spacial score (nSPS) is 29.0. The van der Waals surface area contributed by atoms with Gasteiger partial charge in [-0.1, -0.05) is 12.8 Å². The summed E-state index contributed by atoms with van der Waals surface area (Å²) >= 11 is 0. The summed E-state index contributed by atoms with van der Waals surface area (Å²) in [5.41, 5.74) is -0.884. The van der Waals surface area contributed by atoms with Crippen molar-refractivity contribution >= 4 is 48.9 Å². The Morgan fingerprint density at radius 1 is 0.543 bits per heavy atom. The molecule has 6 fully saturated rings. The Morgan fingerprint density at radius 3 is 1.26 bits per heavy atom. The Morgan fingerprint density at radius 2 is 0.886 bits per heavy atom. The minimum Gasteiger partial charge on any atom is -0.756 e. The number of ether oxygens (including phenoxy) is 3. The van der Waals surface area contributed by atoms with Crippen molar-refractivity contribution in [2.75, 3.05) is 134 Å². The van der Waals surface area contributed by atoms with Crippen molar-refractivity contribution in [3.8, 4) is 0 Å². The lowest BCUT2D eigenvalue weighted by atomic mass is 10.2. The molecule has 26 nitrogen and oxygen atoms in total. The van der Waals surface area contributed by atoms with E-state index in [1.165, 1.54) is 0 Å². The average Bonchev–Trinajstić information content (AvgIpc) is 4.17. The van der Waals surface area contributed by atoms with Crippen LogP contribution >= 0.6 is 31.1 Å². The molecule has 6 saturated heterocycles. The number of hydrogen-bond acceptors (Lipinski definition) is 17. The van der Waals surface area contributed by atoms with Gasteiger partial charge in [-0.2, -0.15) is 0 Å². The fraction of sp³-hybridized carbons (Fsp3) is 0.925. The third kappa shape index (κ3) is 16.6. The third-order valence-electron chi connectivity index (χ3n) is 12.1. The van der Waals surface area contributed by atoms with E-state index in [9.17, 15) is 18.6 Å². The Hall–Kier alpha value is -1.79. The molecule has 4 unspecified atom stereocenters. The Balaban J connectivity index is 1.15. The molecule has 6 aliphatic heterocycles. The highest BCUT2D eigenvalue weighted by molar-refractivity contribution is 7.53. The summed E-state index contributed by atoms with van der Waals surface area (Å²) in [5.74, 6) is 1.17. The van der Waals surface area contributed by atoms with E-state index >= 15 is 4.57 Å². The van der Waals surface area contributed by atoms with Crippen LogP contribution in [0, 0.1) is 0 Å². The molecular formula is C40H76N9O17P4-.